The van der Waals surface area contributed by atoms with E-state index in [-0.39, 0.29) is 5.69 Å². The van der Waals surface area contributed by atoms with Crippen molar-refractivity contribution in [2.75, 3.05) is 5.43 Å². The summed E-state index contributed by atoms with van der Waals surface area (Å²) in [4.78, 5) is 15.1. The molecule has 0 saturated carbocycles. The van der Waals surface area contributed by atoms with Crippen LogP contribution in [0.25, 0.3) is 21.5 Å². The van der Waals surface area contributed by atoms with Crippen molar-refractivity contribution in [3.63, 3.8) is 0 Å². The quantitative estimate of drug-likeness (QED) is 0.292. The first kappa shape index (κ1) is 16.9. The van der Waals surface area contributed by atoms with E-state index in [4.69, 9.17) is 4.42 Å². The summed E-state index contributed by atoms with van der Waals surface area (Å²) < 4.78 is 6.79. The summed E-state index contributed by atoms with van der Waals surface area (Å²) in [6, 6.07) is 16.4. The van der Waals surface area contributed by atoms with Gasteiger partial charge in [-0.3, -0.25) is 15.5 Å². The van der Waals surface area contributed by atoms with Gasteiger partial charge in [-0.1, -0.05) is 35.6 Å². The standard InChI is InChI=1S/C19H14N4O3S/c1-12-6-7-13(10-16(12)23(24)25)17-9-8-14(26-17)11-20-22-19-21-15-4-2-3-5-18(15)27-19/h2-11H,1H3,(H,21,22)/b20-11-. The fourth-order valence-corrected chi connectivity index (χ4v) is 3.42. The van der Waals surface area contributed by atoms with E-state index in [0.29, 0.717) is 27.8 Å². The lowest BCUT2D eigenvalue weighted by Gasteiger charge is -2.00. The van der Waals surface area contributed by atoms with Gasteiger partial charge in [-0.15, -0.1) is 0 Å². The zero-order valence-corrected chi connectivity index (χ0v) is 15.1. The first-order valence-electron chi connectivity index (χ1n) is 8.10. The zero-order valence-electron chi connectivity index (χ0n) is 14.2. The zero-order chi connectivity index (χ0) is 18.8. The molecule has 4 aromatic rings. The smallest absolute Gasteiger partial charge is 0.273 e. The topological polar surface area (TPSA) is 93.6 Å². The van der Waals surface area contributed by atoms with E-state index < -0.39 is 4.92 Å². The van der Waals surface area contributed by atoms with E-state index in [1.807, 2.05) is 24.3 Å². The average molecular weight is 378 g/mol. The predicted octanol–water partition coefficient (Wildman–Crippen LogP) is 5.22. The number of furan rings is 1. The van der Waals surface area contributed by atoms with Crippen LogP contribution in [-0.2, 0) is 0 Å². The molecule has 0 radical (unpaired) electrons. The molecular formula is C19H14N4O3S. The number of nitro benzene ring substituents is 1. The summed E-state index contributed by atoms with van der Waals surface area (Å²) in [6.07, 6.45) is 1.54. The maximum absolute atomic E-state index is 11.1. The van der Waals surface area contributed by atoms with E-state index in [2.05, 4.69) is 15.5 Å². The number of benzene rings is 2. The maximum Gasteiger partial charge on any atom is 0.273 e. The van der Waals surface area contributed by atoms with E-state index in [9.17, 15) is 10.1 Å². The van der Waals surface area contributed by atoms with E-state index in [1.54, 1.807) is 31.2 Å². The third kappa shape index (κ3) is 3.56. The summed E-state index contributed by atoms with van der Waals surface area (Å²) in [5, 5.41) is 15.9. The van der Waals surface area contributed by atoms with Crippen LogP contribution in [0, 0.1) is 17.0 Å². The lowest BCUT2D eigenvalue weighted by atomic mass is 10.1. The Bertz CT molecular complexity index is 1130. The molecule has 0 unspecified atom stereocenters. The highest BCUT2D eigenvalue weighted by Crippen LogP contribution is 2.28. The van der Waals surface area contributed by atoms with Crippen molar-refractivity contribution in [3.05, 3.63) is 76.0 Å². The molecule has 0 aliphatic carbocycles. The van der Waals surface area contributed by atoms with Gasteiger partial charge in [-0.2, -0.15) is 5.10 Å². The molecule has 0 saturated heterocycles. The number of para-hydroxylation sites is 1. The van der Waals surface area contributed by atoms with Gasteiger partial charge in [-0.05, 0) is 31.2 Å². The molecule has 7 nitrogen and oxygen atoms in total. The second-order valence-corrected chi connectivity index (χ2v) is 6.85. The normalized spacial score (nSPS) is 11.3. The van der Waals surface area contributed by atoms with Gasteiger partial charge in [0.25, 0.3) is 5.69 Å². The van der Waals surface area contributed by atoms with Gasteiger partial charge in [0.15, 0.2) is 0 Å². The van der Waals surface area contributed by atoms with Crippen molar-refractivity contribution in [2.24, 2.45) is 5.10 Å². The maximum atomic E-state index is 11.1. The molecule has 0 aliphatic heterocycles. The number of anilines is 1. The molecule has 2 aromatic heterocycles. The third-order valence-electron chi connectivity index (χ3n) is 3.96. The van der Waals surface area contributed by atoms with Crippen LogP contribution in [-0.4, -0.2) is 16.1 Å². The Hall–Kier alpha value is -3.52. The van der Waals surface area contributed by atoms with Gasteiger partial charge in [0.2, 0.25) is 5.13 Å². The van der Waals surface area contributed by atoms with Crippen LogP contribution in [0.1, 0.15) is 11.3 Å². The highest BCUT2D eigenvalue weighted by Gasteiger charge is 2.13. The average Bonchev–Trinajstić information content (AvgIpc) is 3.28. The number of fused-ring (bicyclic) bond motifs is 1. The highest BCUT2D eigenvalue weighted by molar-refractivity contribution is 7.22. The lowest BCUT2D eigenvalue weighted by Crippen LogP contribution is -1.91. The second-order valence-electron chi connectivity index (χ2n) is 5.82. The number of aryl methyl sites for hydroxylation is 1. The number of aromatic nitrogens is 1. The third-order valence-corrected chi connectivity index (χ3v) is 4.90. The van der Waals surface area contributed by atoms with Crippen LogP contribution in [0.5, 0.6) is 0 Å². The number of nitrogens with one attached hydrogen (secondary N) is 1. The first-order chi connectivity index (χ1) is 13.1. The molecule has 0 fully saturated rings. The van der Waals surface area contributed by atoms with Gasteiger partial charge in [0.05, 0.1) is 21.4 Å². The molecule has 2 heterocycles. The number of hydrazone groups is 1. The Labute approximate surface area is 158 Å². The summed E-state index contributed by atoms with van der Waals surface area (Å²) >= 11 is 1.51. The number of nitro groups is 1. The second kappa shape index (κ2) is 7.00. The Morgan fingerprint density at radius 3 is 2.89 bits per heavy atom. The van der Waals surface area contributed by atoms with Gasteiger partial charge >= 0.3 is 0 Å². The van der Waals surface area contributed by atoms with Crippen LogP contribution in [0.15, 0.2) is 64.1 Å². The minimum absolute atomic E-state index is 0.0663. The molecule has 2 aromatic carbocycles. The number of rotatable bonds is 5. The van der Waals surface area contributed by atoms with Crippen LogP contribution in [0.2, 0.25) is 0 Å². The van der Waals surface area contributed by atoms with Gasteiger partial charge in [0, 0.05) is 17.2 Å². The van der Waals surface area contributed by atoms with Crippen LogP contribution in [0.4, 0.5) is 10.8 Å². The van der Waals surface area contributed by atoms with Crippen molar-refractivity contribution in [1.29, 1.82) is 0 Å². The molecule has 134 valence electrons. The van der Waals surface area contributed by atoms with Gasteiger partial charge < -0.3 is 4.42 Å². The minimum atomic E-state index is -0.397. The molecule has 4 rings (SSSR count). The van der Waals surface area contributed by atoms with E-state index in [0.717, 1.165) is 10.2 Å². The summed E-state index contributed by atoms with van der Waals surface area (Å²) in [7, 11) is 0. The van der Waals surface area contributed by atoms with Gasteiger partial charge in [0.1, 0.15) is 11.5 Å². The molecule has 1 N–H and O–H groups in total. The van der Waals surface area contributed by atoms with Crippen molar-refractivity contribution in [2.45, 2.75) is 6.92 Å². The van der Waals surface area contributed by atoms with Crippen molar-refractivity contribution in [3.8, 4) is 11.3 Å². The molecule has 0 amide bonds. The molecule has 0 atom stereocenters. The molecule has 0 bridgehead atoms. The van der Waals surface area contributed by atoms with Crippen LogP contribution in [0.3, 0.4) is 0 Å². The fraction of sp³-hybridized carbons (Fsp3) is 0.0526. The molecular weight excluding hydrogens is 364 g/mol. The number of hydrogen-bond acceptors (Lipinski definition) is 7. The monoisotopic (exact) mass is 378 g/mol. The number of thiazole rings is 1. The molecule has 27 heavy (non-hydrogen) atoms. The summed E-state index contributed by atoms with van der Waals surface area (Å²) in [6.45, 7) is 1.70. The lowest BCUT2D eigenvalue weighted by molar-refractivity contribution is -0.385. The number of nitrogens with zero attached hydrogens (tertiary/aromatic N) is 3. The van der Waals surface area contributed by atoms with Crippen LogP contribution < -0.4 is 5.43 Å². The Morgan fingerprint density at radius 2 is 2.07 bits per heavy atom. The molecule has 0 aliphatic rings. The predicted molar refractivity (Wildman–Crippen MR) is 106 cm³/mol. The highest BCUT2D eigenvalue weighted by atomic mass is 32.1. The largest absolute Gasteiger partial charge is 0.455 e. The molecule has 8 heteroatoms. The Balaban J connectivity index is 1.50. The molecule has 0 spiro atoms. The number of hydrogen-bond donors (Lipinski definition) is 1. The minimum Gasteiger partial charge on any atom is -0.455 e. The first-order valence-corrected chi connectivity index (χ1v) is 8.92. The Morgan fingerprint density at radius 1 is 1.22 bits per heavy atom. The summed E-state index contributed by atoms with van der Waals surface area (Å²) in [5.41, 5.74) is 5.13. The van der Waals surface area contributed by atoms with Crippen molar-refractivity contribution in [1.82, 2.24) is 4.98 Å². The van der Waals surface area contributed by atoms with E-state index >= 15 is 0 Å². The van der Waals surface area contributed by atoms with Crippen molar-refractivity contribution < 1.29 is 9.34 Å². The van der Waals surface area contributed by atoms with Crippen molar-refractivity contribution >= 4 is 38.6 Å². The van der Waals surface area contributed by atoms with E-state index in [1.165, 1.54) is 23.6 Å². The van der Waals surface area contributed by atoms with Crippen LogP contribution >= 0.6 is 11.3 Å². The Kier molecular flexibility index (Phi) is 4.39. The fourth-order valence-electron chi connectivity index (χ4n) is 2.61. The SMILES string of the molecule is Cc1ccc(-c2ccc(/C=N\Nc3nc4ccccc4s3)o2)cc1[N+](=O)[O-]. The van der Waals surface area contributed by atoms with Gasteiger partial charge in [-0.25, -0.2) is 4.98 Å². The summed E-state index contributed by atoms with van der Waals surface area (Å²) in [5.74, 6) is 1.07.